The van der Waals surface area contributed by atoms with Crippen LogP contribution in [0.1, 0.15) is 36.7 Å². The predicted molar refractivity (Wildman–Crippen MR) is 63.0 cm³/mol. The average Bonchev–Trinajstić information content (AvgIpc) is 2.58. The summed E-state index contributed by atoms with van der Waals surface area (Å²) >= 11 is 0. The normalized spacial score (nSPS) is 29.9. The summed E-state index contributed by atoms with van der Waals surface area (Å²) in [5.74, 6) is 0.795. The minimum absolute atomic E-state index is 0.410. The average molecular weight is 220 g/mol. The summed E-state index contributed by atoms with van der Waals surface area (Å²) in [5.41, 5.74) is 8.45. The van der Waals surface area contributed by atoms with Gasteiger partial charge in [-0.1, -0.05) is 6.42 Å². The third-order valence-electron chi connectivity index (χ3n) is 4.12. The molecular weight excluding hydrogens is 200 g/mol. The molecule has 3 rings (SSSR count). The van der Waals surface area contributed by atoms with E-state index in [2.05, 4.69) is 21.9 Å². The highest BCUT2D eigenvalue weighted by Gasteiger charge is 2.36. The van der Waals surface area contributed by atoms with E-state index >= 15 is 0 Å². The molecule has 4 nitrogen and oxygen atoms in total. The second kappa shape index (κ2) is 3.86. The van der Waals surface area contributed by atoms with Crippen LogP contribution in [0.15, 0.2) is 6.33 Å². The van der Waals surface area contributed by atoms with Crippen molar-refractivity contribution in [3.8, 4) is 0 Å². The number of nitrogens with one attached hydrogen (secondary N) is 1. The number of rotatable bonds is 2. The molecular formula is C12H20N4. The third kappa shape index (κ3) is 1.48. The number of hydrogen-bond acceptors (Lipinski definition) is 3. The Kier molecular flexibility index (Phi) is 2.48. The van der Waals surface area contributed by atoms with Gasteiger partial charge in [-0.25, -0.2) is 4.98 Å². The topological polar surface area (TPSA) is 55.9 Å². The van der Waals surface area contributed by atoms with Crippen molar-refractivity contribution in [3.05, 3.63) is 17.7 Å². The van der Waals surface area contributed by atoms with Crippen LogP contribution in [0, 0.1) is 5.92 Å². The maximum absolute atomic E-state index is 5.79. The van der Waals surface area contributed by atoms with Crippen LogP contribution < -0.4 is 11.1 Å². The lowest BCUT2D eigenvalue weighted by Gasteiger charge is -2.40. The Morgan fingerprint density at radius 3 is 3.00 bits per heavy atom. The van der Waals surface area contributed by atoms with Gasteiger partial charge >= 0.3 is 0 Å². The fourth-order valence-corrected chi connectivity index (χ4v) is 2.95. The van der Waals surface area contributed by atoms with Crippen LogP contribution in [0.5, 0.6) is 0 Å². The first kappa shape index (κ1) is 10.3. The summed E-state index contributed by atoms with van der Waals surface area (Å²) < 4.78 is 2.18. The van der Waals surface area contributed by atoms with Crippen LogP contribution in [0.3, 0.4) is 0 Å². The van der Waals surface area contributed by atoms with E-state index in [0.29, 0.717) is 18.6 Å². The quantitative estimate of drug-likeness (QED) is 0.772. The molecule has 2 heterocycles. The molecule has 0 radical (unpaired) electrons. The van der Waals surface area contributed by atoms with Gasteiger partial charge in [-0.05, 0) is 18.8 Å². The Labute approximate surface area is 96.2 Å². The van der Waals surface area contributed by atoms with Gasteiger partial charge in [0.05, 0.1) is 23.8 Å². The van der Waals surface area contributed by atoms with E-state index in [-0.39, 0.29) is 0 Å². The minimum Gasteiger partial charge on any atom is -0.336 e. The molecule has 1 fully saturated rings. The molecule has 1 aliphatic carbocycles. The van der Waals surface area contributed by atoms with Gasteiger partial charge in [0.15, 0.2) is 0 Å². The highest BCUT2D eigenvalue weighted by atomic mass is 15.1. The van der Waals surface area contributed by atoms with Gasteiger partial charge in [-0.2, -0.15) is 0 Å². The second-order valence-electron chi connectivity index (χ2n) is 5.16. The number of aryl methyl sites for hydroxylation is 1. The first-order valence-electron chi connectivity index (χ1n) is 6.25. The van der Waals surface area contributed by atoms with Gasteiger partial charge in [0.25, 0.3) is 0 Å². The van der Waals surface area contributed by atoms with E-state index in [9.17, 15) is 0 Å². The van der Waals surface area contributed by atoms with Crippen molar-refractivity contribution in [1.29, 1.82) is 0 Å². The third-order valence-corrected chi connectivity index (χ3v) is 4.12. The highest BCUT2D eigenvalue weighted by Crippen LogP contribution is 2.40. The molecule has 1 aliphatic heterocycles. The van der Waals surface area contributed by atoms with Crippen LogP contribution in [0.4, 0.5) is 0 Å². The highest BCUT2D eigenvalue weighted by molar-refractivity contribution is 5.24. The molecule has 0 amide bonds. The molecule has 1 aromatic heterocycles. The zero-order valence-electron chi connectivity index (χ0n) is 9.82. The standard InChI is InChI=1S/C12H20N4/c1-16-7-14-10-5-9(6-13)15-11(12(10)16)8-3-2-4-8/h7-9,11,15H,2-6,13H2,1H3. The molecule has 2 unspecified atom stereocenters. The molecule has 0 saturated heterocycles. The van der Waals surface area contributed by atoms with E-state index in [1.807, 2.05) is 6.33 Å². The summed E-state index contributed by atoms with van der Waals surface area (Å²) in [6.07, 6.45) is 7.00. The van der Waals surface area contributed by atoms with Gasteiger partial charge in [0.1, 0.15) is 0 Å². The Bertz CT molecular complexity index is 380. The van der Waals surface area contributed by atoms with Crippen molar-refractivity contribution in [3.63, 3.8) is 0 Å². The second-order valence-corrected chi connectivity index (χ2v) is 5.16. The van der Waals surface area contributed by atoms with Crippen molar-refractivity contribution >= 4 is 0 Å². The lowest BCUT2D eigenvalue weighted by atomic mass is 9.76. The van der Waals surface area contributed by atoms with Crippen LogP contribution in [-0.4, -0.2) is 22.1 Å². The van der Waals surface area contributed by atoms with E-state index in [0.717, 1.165) is 12.3 Å². The van der Waals surface area contributed by atoms with Crippen molar-refractivity contribution in [2.24, 2.45) is 18.7 Å². The van der Waals surface area contributed by atoms with E-state index in [4.69, 9.17) is 5.73 Å². The molecule has 16 heavy (non-hydrogen) atoms. The maximum Gasteiger partial charge on any atom is 0.0949 e. The van der Waals surface area contributed by atoms with Crippen molar-refractivity contribution in [2.45, 2.75) is 37.8 Å². The van der Waals surface area contributed by atoms with Crippen LogP contribution in [0.2, 0.25) is 0 Å². The zero-order chi connectivity index (χ0) is 11.1. The minimum atomic E-state index is 0.410. The van der Waals surface area contributed by atoms with Gasteiger partial charge in [0.2, 0.25) is 0 Å². The summed E-state index contributed by atoms with van der Waals surface area (Å²) in [5, 5.41) is 3.70. The predicted octanol–water partition coefficient (Wildman–Crippen LogP) is 0.734. The monoisotopic (exact) mass is 220 g/mol. The van der Waals surface area contributed by atoms with Crippen LogP contribution >= 0.6 is 0 Å². The van der Waals surface area contributed by atoms with E-state index in [1.54, 1.807) is 0 Å². The maximum atomic E-state index is 5.79. The molecule has 0 aromatic carbocycles. The molecule has 1 saturated carbocycles. The number of aromatic nitrogens is 2. The number of nitrogens with two attached hydrogens (primary N) is 1. The molecule has 0 spiro atoms. The van der Waals surface area contributed by atoms with Crippen molar-refractivity contribution < 1.29 is 0 Å². The molecule has 2 atom stereocenters. The fourth-order valence-electron chi connectivity index (χ4n) is 2.95. The number of nitrogens with zero attached hydrogens (tertiary/aromatic N) is 2. The molecule has 4 heteroatoms. The number of hydrogen-bond donors (Lipinski definition) is 2. The lowest BCUT2D eigenvalue weighted by Crippen LogP contribution is -2.48. The van der Waals surface area contributed by atoms with Crippen molar-refractivity contribution in [1.82, 2.24) is 14.9 Å². The van der Waals surface area contributed by atoms with Crippen molar-refractivity contribution in [2.75, 3.05) is 6.54 Å². The van der Waals surface area contributed by atoms with Gasteiger partial charge < -0.3 is 15.6 Å². The first-order chi connectivity index (χ1) is 7.79. The smallest absolute Gasteiger partial charge is 0.0949 e. The largest absolute Gasteiger partial charge is 0.336 e. The lowest BCUT2D eigenvalue weighted by molar-refractivity contribution is 0.199. The Hall–Kier alpha value is -0.870. The van der Waals surface area contributed by atoms with Crippen LogP contribution in [0.25, 0.3) is 0 Å². The zero-order valence-corrected chi connectivity index (χ0v) is 9.82. The Balaban J connectivity index is 1.93. The summed E-state index contributed by atoms with van der Waals surface area (Å²) in [7, 11) is 2.10. The van der Waals surface area contributed by atoms with Crippen LogP contribution in [-0.2, 0) is 13.5 Å². The summed E-state index contributed by atoms with van der Waals surface area (Å²) in [6.45, 7) is 0.708. The van der Waals surface area contributed by atoms with Gasteiger partial charge in [-0.3, -0.25) is 0 Å². The van der Waals surface area contributed by atoms with E-state index in [1.165, 1.54) is 30.7 Å². The van der Waals surface area contributed by atoms with Gasteiger partial charge in [-0.15, -0.1) is 0 Å². The molecule has 88 valence electrons. The first-order valence-corrected chi connectivity index (χ1v) is 6.25. The molecule has 0 bridgehead atoms. The Morgan fingerprint density at radius 2 is 2.38 bits per heavy atom. The molecule has 2 aliphatic rings. The molecule has 1 aromatic rings. The van der Waals surface area contributed by atoms with E-state index < -0.39 is 0 Å². The van der Waals surface area contributed by atoms with Gasteiger partial charge in [0, 0.05) is 26.1 Å². The molecule has 3 N–H and O–H groups in total. The summed E-state index contributed by atoms with van der Waals surface area (Å²) in [4.78, 5) is 4.51. The fraction of sp³-hybridized carbons (Fsp3) is 0.750. The SMILES string of the molecule is Cn1cnc2c1C(C1CCC1)NC(CN)C2. The Morgan fingerprint density at radius 1 is 1.56 bits per heavy atom. The number of fused-ring (bicyclic) bond motifs is 1. The summed E-state index contributed by atoms with van der Waals surface area (Å²) in [6, 6.07) is 0.895. The number of imidazole rings is 1.